The van der Waals surface area contributed by atoms with Gasteiger partial charge in [0.15, 0.2) is 0 Å². The van der Waals surface area contributed by atoms with E-state index in [1.165, 1.54) is 0 Å². The number of nitrogens with zero attached hydrogens (tertiary/aromatic N) is 1. The van der Waals surface area contributed by atoms with Crippen LogP contribution < -0.4 is 4.74 Å². The van der Waals surface area contributed by atoms with E-state index in [1.54, 1.807) is 11.0 Å². The molecule has 4 heteroatoms. The second-order valence-corrected chi connectivity index (χ2v) is 7.28. The topological polar surface area (TPSA) is 42.7 Å². The van der Waals surface area contributed by atoms with Crippen molar-refractivity contribution in [1.29, 1.82) is 0 Å². The zero-order chi connectivity index (χ0) is 16.7. The number of rotatable bonds is 1. The van der Waals surface area contributed by atoms with Gasteiger partial charge in [0.05, 0.1) is 0 Å². The summed E-state index contributed by atoms with van der Waals surface area (Å²) in [6, 6.07) is 13.4. The molecule has 1 amide bonds. The lowest BCUT2D eigenvalue weighted by atomic mass is 9.83. The average molecular weight is 323 g/mol. The van der Waals surface area contributed by atoms with Crippen LogP contribution in [0.5, 0.6) is 5.75 Å². The molecule has 4 nitrogen and oxygen atoms in total. The molecule has 0 atom stereocenters. The Labute approximate surface area is 141 Å². The summed E-state index contributed by atoms with van der Waals surface area (Å²) in [5, 5.41) is 2.00. The number of fused-ring (bicyclic) bond motifs is 3. The Balaban J connectivity index is 1.56. The summed E-state index contributed by atoms with van der Waals surface area (Å²) in [4.78, 5) is 14.2. The Hall–Kier alpha value is -2.49. The van der Waals surface area contributed by atoms with E-state index in [2.05, 4.69) is 13.8 Å². The highest BCUT2D eigenvalue weighted by Crippen LogP contribution is 2.32. The molecule has 0 spiro atoms. The molecule has 1 aromatic heterocycles. The second kappa shape index (κ2) is 5.55. The Kier molecular flexibility index (Phi) is 3.48. The van der Waals surface area contributed by atoms with Crippen LogP contribution in [0.2, 0.25) is 0 Å². The molecule has 0 saturated carbocycles. The van der Waals surface area contributed by atoms with E-state index in [0.717, 1.165) is 47.9 Å². The van der Waals surface area contributed by atoms with Crippen molar-refractivity contribution in [3.05, 3.63) is 42.5 Å². The maximum atomic E-state index is 12.4. The molecule has 2 aromatic carbocycles. The number of carbonyl (C=O) groups is 1. The van der Waals surface area contributed by atoms with Crippen molar-refractivity contribution in [2.45, 2.75) is 26.7 Å². The fourth-order valence-electron chi connectivity index (χ4n) is 3.23. The Bertz CT molecular complexity index is 900. The predicted octanol–water partition coefficient (Wildman–Crippen LogP) is 5.21. The maximum Gasteiger partial charge on any atom is 0.415 e. The van der Waals surface area contributed by atoms with E-state index in [4.69, 9.17) is 9.15 Å². The van der Waals surface area contributed by atoms with Gasteiger partial charge < -0.3 is 14.1 Å². The third-order valence-corrected chi connectivity index (χ3v) is 4.93. The summed E-state index contributed by atoms with van der Waals surface area (Å²) in [7, 11) is 0. The molecule has 1 aliphatic rings. The van der Waals surface area contributed by atoms with Crippen LogP contribution in [-0.2, 0) is 0 Å². The first-order valence-corrected chi connectivity index (χ1v) is 8.40. The van der Waals surface area contributed by atoms with E-state index >= 15 is 0 Å². The number of para-hydroxylation sites is 1. The number of hydrogen-bond donors (Lipinski definition) is 0. The van der Waals surface area contributed by atoms with Crippen LogP contribution >= 0.6 is 0 Å². The summed E-state index contributed by atoms with van der Waals surface area (Å²) in [6.07, 6.45) is 1.75. The molecule has 1 fully saturated rings. The lowest BCUT2D eigenvalue weighted by Crippen LogP contribution is -2.42. The standard InChI is InChI=1S/C20H21NO3/c1-20(2)9-11-21(12-10-20)19(22)23-14-7-8-18-16(13-14)15-5-3-4-6-17(15)24-18/h3-8,13H,9-12H2,1-2H3. The minimum atomic E-state index is -0.266. The van der Waals surface area contributed by atoms with Gasteiger partial charge in [-0.3, -0.25) is 0 Å². The van der Waals surface area contributed by atoms with E-state index < -0.39 is 0 Å². The quantitative estimate of drug-likeness (QED) is 0.617. The van der Waals surface area contributed by atoms with Gasteiger partial charge in [-0.1, -0.05) is 32.0 Å². The second-order valence-electron chi connectivity index (χ2n) is 7.28. The van der Waals surface area contributed by atoms with Crippen LogP contribution in [0.15, 0.2) is 46.9 Å². The van der Waals surface area contributed by atoms with Crippen molar-refractivity contribution in [1.82, 2.24) is 4.90 Å². The normalized spacial score (nSPS) is 17.3. The third-order valence-electron chi connectivity index (χ3n) is 4.93. The van der Waals surface area contributed by atoms with Crippen LogP contribution in [0, 0.1) is 5.41 Å². The van der Waals surface area contributed by atoms with Crippen molar-refractivity contribution in [2.75, 3.05) is 13.1 Å². The number of hydrogen-bond acceptors (Lipinski definition) is 3. The lowest BCUT2D eigenvalue weighted by molar-refractivity contribution is 0.110. The highest BCUT2D eigenvalue weighted by atomic mass is 16.6. The highest BCUT2D eigenvalue weighted by Gasteiger charge is 2.28. The zero-order valence-corrected chi connectivity index (χ0v) is 14.0. The number of piperidine rings is 1. The van der Waals surface area contributed by atoms with Gasteiger partial charge in [-0.25, -0.2) is 4.79 Å². The van der Waals surface area contributed by atoms with E-state index in [0.29, 0.717) is 11.2 Å². The molecule has 3 aromatic rings. The zero-order valence-electron chi connectivity index (χ0n) is 14.0. The fourth-order valence-corrected chi connectivity index (χ4v) is 3.23. The largest absolute Gasteiger partial charge is 0.456 e. The molecule has 2 heterocycles. The molecule has 24 heavy (non-hydrogen) atoms. The Morgan fingerprint density at radius 2 is 1.75 bits per heavy atom. The molecule has 124 valence electrons. The van der Waals surface area contributed by atoms with Gasteiger partial charge in [0.1, 0.15) is 16.9 Å². The van der Waals surface area contributed by atoms with Crippen LogP contribution in [-0.4, -0.2) is 24.1 Å². The molecule has 0 aliphatic carbocycles. The average Bonchev–Trinajstić information content (AvgIpc) is 2.93. The van der Waals surface area contributed by atoms with Gasteiger partial charge in [0, 0.05) is 23.9 Å². The summed E-state index contributed by atoms with van der Waals surface area (Å²) < 4.78 is 11.4. The summed E-state index contributed by atoms with van der Waals surface area (Å²) in [5.41, 5.74) is 1.95. The van der Waals surface area contributed by atoms with Gasteiger partial charge in [0.2, 0.25) is 0 Å². The number of likely N-dealkylation sites (tertiary alicyclic amines) is 1. The predicted molar refractivity (Wildman–Crippen MR) is 94.3 cm³/mol. The van der Waals surface area contributed by atoms with Crippen molar-refractivity contribution in [3.63, 3.8) is 0 Å². The summed E-state index contributed by atoms with van der Waals surface area (Å²) in [5.74, 6) is 0.559. The fraction of sp³-hybridized carbons (Fsp3) is 0.350. The molecular weight excluding hydrogens is 302 g/mol. The minimum Gasteiger partial charge on any atom is -0.456 e. The van der Waals surface area contributed by atoms with Gasteiger partial charge in [-0.05, 0) is 42.5 Å². The number of carbonyl (C=O) groups excluding carboxylic acids is 1. The first-order chi connectivity index (χ1) is 11.5. The number of benzene rings is 2. The summed E-state index contributed by atoms with van der Waals surface area (Å²) in [6.45, 7) is 5.99. The minimum absolute atomic E-state index is 0.266. The van der Waals surface area contributed by atoms with Crippen molar-refractivity contribution in [3.8, 4) is 5.75 Å². The maximum absolute atomic E-state index is 12.4. The first kappa shape index (κ1) is 15.1. The van der Waals surface area contributed by atoms with Gasteiger partial charge in [-0.15, -0.1) is 0 Å². The molecule has 4 rings (SSSR count). The smallest absolute Gasteiger partial charge is 0.415 e. The van der Waals surface area contributed by atoms with Crippen LogP contribution in [0.25, 0.3) is 21.9 Å². The molecule has 0 bridgehead atoms. The van der Waals surface area contributed by atoms with Crippen LogP contribution in [0.3, 0.4) is 0 Å². The lowest BCUT2D eigenvalue weighted by Gasteiger charge is -2.36. The third kappa shape index (κ3) is 2.73. The molecule has 0 unspecified atom stereocenters. The van der Waals surface area contributed by atoms with Gasteiger partial charge in [-0.2, -0.15) is 0 Å². The molecule has 1 aliphatic heterocycles. The Morgan fingerprint density at radius 3 is 2.54 bits per heavy atom. The number of amides is 1. The van der Waals surface area contributed by atoms with Crippen molar-refractivity contribution < 1.29 is 13.9 Å². The monoisotopic (exact) mass is 323 g/mol. The Morgan fingerprint density at radius 1 is 1.04 bits per heavy atom. The van der Waals surface area contributed by atoms with Gasteiger partial charge in [0.25, 0.3) is 0 Å². The molecular formula is C20H21NO3. The number of ether oxygens (including phenoxy) is 1. The molecule has 0 radical (unpaired) electrons. The van der Waals surface area contributed by atoms with Crippen LogP contribution in [0.4, 0.5) is 4.79 Å². The number of furan rings is 1. The van der Waals surface area contributed by atoms with Gasteiger partial charge >= 0.3 is 6.09 Å². The van der Waals surface area contributed by atoms with E-state index in [-0.39, 0.29) is 6.09 Å². The highest BCUT2D eigenvalue weighted by molar-refractivity contribution is 6.05. The molecule has 1 saturated heterocycles. The molecule has 0 N–H and O–H groups in total. The first-order valence-electron chi connectivity index (χ1n) is 8.40. The van der Waals surface area contributed by atoms with Crippen molar-refractivity contribution in [2.24, 2.45) is 5.41 Å². The summed E-state index contributed by atoms with van der Waals surface area (Å²) >= 11 is 0. The van der Waals surface area contributed by atoms with E-state index in [1.807, 2.05) is 36.4 Å². The van der Waals surface area contributed by atoms with Crippen molar-refractivity contribution >= 4 is 28.0 Å². The van der Waals surface area contributed by atoms with E-state index in [9.17, 15) is 4.79 Å². The SMILES string of the molecule is CC1(C)CCN(C(=O)Oc2ccc3oc4ccccc4c3c2)CC1. The van der Waals surface area contributed by atoms with Crippen LogP contribution in [0.1, 0.15) is 26.7 Å².